The molecule has 1 aliphatic rings. The highest BCUT2D eigenvalue weighted by Crippen LogP contribution is 2.11. The SMILES string of the molecule is O=C(O)[C@@H]1CN(C(=O)c2cn(-c3ccccc3)nn2)CCO1. The third kappa shape index (κ3) is 2.82. The smallest absolute Gasteiger partial charge is 0.334 e. The number of carbonyl (C=O) groups is 2. The molecule has 2 heterocycles. The number of benzene rings is 1. The molecule has 1 N–H and O–H groups in total. The standard InChI is InChI=1S/C14H14N4O4/c19-13(17-6-7-22-12(9-17)14(20)21)11-8-18(16-15-11)10-4-2-1-3-5-10/h1-5,8,12H,6-7,9H2,(H,20,21)/t12-/m0/s1. The second-order valence-electron chi connectivity index (χ2n) is 4.83. The first-order valence-electron chi connectivity index (χ1n) is 6.76. The number of morpholine rings is 1. The lowest BCUT2D eigenvalue weighted by Gasteiger charge is -2.30. The van der Waals surface area contributed by atoms with E-state index in [0.717, 1.165) is 5.69 Å². The van der Waals surface area contributed by atoms with Crippen LogP contribution in [-0.4, -0.2) is 62.7 Å². The van der Waals surface area contributed by atoms with Gasteiger partial charge in [-0.1, -0.05) is 23.4 Å². The van der Waals surface area contributed by atoms with Gasteiger partial charge in [0.25, 0.3) is 5.91 Å². The largest absolute Gasteiger partial charge is 0.479 e. The molecule has 2 aromatic rings. The fraction of sp³-hybridized carbons (Fsp3) is 0.286. The zero-order valence-corrected chi connectivity index (χ0v) is 11.6. The second kappa shape index (κ2) is 5.94. The summed E-state index contributed by atoms with van der Waals surface area (Å²) in [7, 11) is 0. The number of aromatic nitrogens is 3. The van der Waals surface area contributed by atoms with Gasteiger partial charge in [0, 0.05) is 6.54 Å². The summed E-state index contributed by atoms with van der Waals surface area (Å²) in [5, 5.41) is 16.8. The molecule has 1 aromatic carbocycles. The Balaban J connectivity index is 1.76. The van der Waals surface area contributed by atoms with Crippen molar-refractivity contribution in [3.05, 3.63) is 42.2 Å². The zero-order valence-electron chi connectivity index (χ0n) is 11.6. The van der Waals surface area contributed by atoms with Crippen LogP contribution in [0.2, 0.25) is 0 Å². The van der Waals surface area contributed by atoms with Gasteiger partial charge in [-0.15, -0.1) is 5.10 Å². The van der Waals surface area contributed by atoms with Crippen LogP contribution in [0.1, 0.15) is 10.5 Å². The van der Waals surface area contributed by atoms with Crippen LogP contribution in [0.15, 0.2) is 36.5 Å². The number of hydrogen-bond donors (Lipinski definition) is 1. The molecule has 114 valence electrons. The van der Waals surface area contributed by atoms with Crippen molar-refractivity contribution in [2.24, 2.45) is 0 Å². The number of carboxylic acid groups (broad SMARTS) is 1. The Labute approximate surface area is 125 Å². The van der Waals surface area contributed by atoms with Gasteiger partial charge in [0.15, 0.2) is 11.8 Å². The summed E-state index contributed by atoms with van der Waals surface area (Å²) in [4.78, 5) is 24.7. The first-order chi connectivity index (χ1) is 10.6. The Kier molecular flexibility index (Phi) is 3.84. The van der Waals surface area contributed by atoms with E-state index < -0.39 is 12.1 Å². The Hall–Kier alpha value is -2.74. The molecule has 0 saturated carbocycles. The summed E-state index contributed by atoms with van der Waals surface area (Å²) in [6.07, 6.45) is 0.532. The Bertz CT molecular complexity index is 685. The van der Waals surface area contributed by atoms with E-state index in [4.69, 9.17) is 9.84 Å². The van der Waals surface area contributed by atoms with Gasteiger partial charge in [-0.2, -0.15) is 0 Å². The summed E-state index contributed by atoms with van der Waals surface area (Å²) in [5.74, 6) is -1.43. The molecule has 0 spiro atoms. The van der Waals surface area contributed by atoms with Gasteiger partial charge < -0.3 is 14.7 Å². The van der Waals surface area contributed by atoms with E-state index in [1.165, 1.54) is 15.8 Å². The topological polar surface area (TPSA) is 97.6 Å². The number of carboxylic acids is 1. The van der Waals surface area contributed by atoms with Crippen LogP contribution < -0.4 is 0 Å². The summed E-state index contributed by atoms with van der Waals surface area (Å²) in [6, 6.07) is 9.29. The van der Waals surface area contributed by atoms with Crippen LogP contribution in [0.25, 0.3) is 5.69 Å². The van der Waals surface area contributed by atoms with E-state index in [0.29, 0.717) is 6.54 Å². The average molecular weight is 302 g/mol. The van der Waals surface area contributed by atoms with Crippen LogP contribution in [0.3, 0.4) is 0 Å². The number of rotatable bonds is 3. The van der Waals surface area contributed by atoms with Gasteiger partial charge >= 0.3 is 5.97 Å². The minimum atomic E-state index is -1.08. The number of nitrogens with zero attached hydrogens (tertiary/aromatic N) is 4. The molecule has 1 aromatic heterocycles. The van der Waals surface area contributed by atoms with Crippen molar-refractivity contribution in [2.45, 2.75) is 6.10 Å². The van der Waals surface area contributed by atoms with Crippen molar-refractivity contribution >= 4 is 11.9 Å². The summed E-state index contributed by atoms with van der Waals surface area (Å²) < 4.78 is 6.60. The van der Waals surface area contributed by atoms with Crippen LogP contribution in [0.4, 0.5) is 0 Å². The molecule has 1 amide bonds. The molecule has 1 saturated heterocycles. The first-order valence-corrected chi connectivity index (χ1v) is 6.76. The van der Waals surface area contributed by atoms with E-state index in [-0.39, 0.29) is 24.8 Å². The Morgan fingerprint density at radius 2 is 2.05 bits per heavy atom. The number of ether oxygens (including phenoxy) is 1. The van der Waals surface area contributed by atoms with E-state index in [1.807, 2.05) is 30.3 Å². The summed E-state index contributed by atoms with van der Waals surface area (Å²) in [5.41, 5.74) is 0.967. The quantitative estimate of drug-likeness (QED) is 0.869. The lowest BCUT2D eigenvalue weighted by Crippen LogP contribution is -2.48. The molecule has 8 nitrogen and oxygen atoms in total. The lowest BCUT2D eigenvalue weighted by molar-refractivity contribution is -0.154. The number of hydrogen-bond acceptors (Lipinski definition) is 5. The van der Waals surface area contributed by atoms with E-state index >= 15 is 0 Å². The average Bonchev–Trinajstić information content (AvgIpc) is 3.05. The van der Waals surface area contributed by atoms with E-state index in [2.05, 4.69) is 10.3 Å². The van der Waals surface area contributed by atoms with Crippen LogP contribution in [-0.2, 0) is 9.53 Å². The zero-order chi connectivity index (χ0) is 15.5. The van der Waals surface area contributed by atoms with E-state index in [9.17, 15) is 9.59 Å². The third-order valence-corrected chi connectivity index (χ3v) is 3.36. The van der Waals surface area contributed by atoms with Crippen LogP contribution in [0.5, 0.6) is 0 Å². The number of para-hydroxylation sites is 1. The van der Waals surface area contributed by atoms with Gasteiger partial charge in [0.05, 0.1) is 25.0 Å². The molecule has 1 atom stereocenters. The molecule has 22 heavy (non-hydrogen) atoms. The van der Waals surface area contributed by atoms with Gasteiger partial charge in [-0.05, 0) is 12.1 Å². The monoisotopic (exact) mass is 302 g/mol. The third-order valence-electron chi connectivity index (χ3n) is 3.36. The van der Waals surface area contributed by atoms with Crippen molar-refractivity contribution in [3.8, 4) is 5.69 Å². The van der Waals surface area contributed by atoms with Crippen molar-refractivity contribution in [1.29, 1.82) is 0 Å². The molecule has 0 unspecified atom stereocenters. The van der Waals surface area contributed by atoms with Crippen LogP contribution >= 0.6 is 0 Å². The van der Waals surface area contributed by atoms with Gasteiger partial charge in [-0.25, -0.2) is 9.48 Å². The molecule has 0 aliphatic carbocycles. The predicted molar refractivity (Wildman–Crippen MR) is 74.6 cm³/mol. The highest BCUT2D eigenvalue weighted by molar-refractivity contribution is 5.92. The Morgan fingerprint density at radius 1 is 1.27 bits per heavy atom. The maximum absolute atomic E-state index is 12.4. The first kappa shape index (κ1) is 14.2. The normalized spacial score (nSPS) is 18.2. The molecular weight excluding hydrogens is 288 g/mol. The lowest BCUT2D eigenvalue weighted by atomic mass is 10.2. The van der Waals surface area contributed by atoms with E-state index in [1.54, 1.807) is 0 Å². The molecule has 1 fully saturated rings. The minimum absolute atomic E-state index is 0.00631. The number of aliphatic carboxylic acids is 1. The summed E-state index contributed by atoms with van der Waals surface area (Å²) in [6.45, 7) is 0.530. The Morgan fingerprint density at radius 3 is 2.77 bits per heavy atom. The number of amides is 1. The predicted octanol–water partition coefficient (Wildman–Crippen LogP) is 0.193. The molecule has 0 radical (unpaired) electrons. The van der Waals surface area contributed by atoms with Gasteiger partial charge in [-0.3, -0.25) is 4.79 Å². The van der Waals surface area contributed by atoms with Gasteiger partial charge in [0.1, 0.15) is 0 Å². The van der Waals surface area contributed by atoms with Crippen molar-refractivity contribution < 1.29 is 19.4 Å². The van der Waals surface area contributed by atoms with Crippen molar-refractivity contribution in [1.82, 2.24) is 19.9 Å². The fourth-order valence-corrected chi connectivity index (χ4v) is 2.21. The van der Waals surface area contributed by atoms with Crippen molar-refractivity contribution in [3.63, 3.8) is 0 Å². The fourth-order valence-electron chi connectivity index (χ4n) is 2.21. The molecular formula is C14H14N4O4. The highest BCUT2D eigenvalue weighted by Gasteiger charge is 2.30. The van der Waals surface area contributed by atoms with Crippen LogP contribution in [0, 0.1) is 0 Å². The number of carbonyl (C=O) groups excluding carboxylic acids is 1. The maximum Gasteiger partial charge on any atom is 0.334 e. The highest BCUT2D eigenvalue weighted by atomic mass is 16.5. The second-order valence-corrected chi connectivity index (χ2v) is 4.83. The minimum Gasteiger partial charge on any atom is -0.479 e. The molecule has 8 heteroatoms. The maximum atomic E-state index is 12.4. The molecule has 1 aliphatic heterocycles. The molecule has 3 rings (SSSR count). The van der Waals surface area contributed by atoms with Gasteiger partial charge in [0.2, 0.25) is 0 Å². The summed E-state index contributed by atoms with van der Waals surface area (Å²) >= 11 is 0. The van der Waals surface area contributed by atoms with Crippen molar-refractivity contribution in [2.75, 3.05) is 19.7 Å². The molecule has 0 bridgehead atoms.